The summed E-state index contributed by atoms with van der Waals surface area (Å²) in [6.07, 6.45) is -3.90. The van der Waals surface area contributed by atoms with Crippen molar-refractivity contribution in [1.82, 2.24) is 0 Å². The first-order valence-corrected chi connectivity index (χ1v) is 9.73. The highest BCUT2D eigenvalue weighted by Crippen LogP contribution is 2.30. The Balaban J connectivity index is 1.73. The van der Waals surface area contributed by atoms with Crippen molar-refractivity contribution in [3.8, 4) is 0 Å². The van der Waals surface area contributed by atoms with Gasteiger partial charge in [0.2, 0.25) is 5.91 Å². The molecule has 0 fully saturated rings. The molecule has 0 radical (unpaired) electrons. The predicted octanol–water partition coefficient (Wildman–Crippen LogP) is 3.21. The fourth-order valence-electron chi connectivity index (χ4n) is 3.01. The summed E-state index contributed by atoms with van der Waals surface area (Å²) in [4.78, 5) is 13.8. The van der Waals surface area contributed by atoms with Crippen LogP contribution in [0, 0.1) is 0 Å². The lowest BCUT2D eigenvalue weighted by Crippen LogP contribution is -2.34. The lowest BCUT2D eigenvalue weighted by molar-refractivity contribution is -0.137. The minimum atomic E-state index is -4.55. The van der Waals surface area contributed by atoms with Crippen LogP contribution in [0.15, 0.2) is 48.5 Å². The molecule has 8 heteroatoms. The molecule has 1 aliphatic rings. The Kier molecular flexibility index (Phi) is 4.79. The smallest absolute Gasteiger partial charge is 0.311 e. The topological polar surface area (TPSA) is 54.5 Å². The number of amides is 1. The molecule has 0 aromatic heterocycles. The summed E-state index contributed by atoms with van der Waals surface area (Å²) in [6.45, 7) is 0.400. The highest BCUT2D eigenvalue weighted by atomic mass is 32.2. The lowest BCUT2D eigenvalue weighted by atomic mass is 10.1. The van der Waals surface area contributed by atoms with E-state index in [2.05, 4.69) is 0 Å². The van der Waals surface area contributed by atoms with Crippen molar-refractivity contribution in [3.63, 3.8) is 0 Å². The maximum absolute atomic E-state index is 12.7. The van der Waals surface area contributed by atoms with Gasteiger partial charge in [0.05, 0.1) is 11.3 Å². The van der Waals surface area contributed by atoms with Gasteiger partial charge in [0.15, 0.2) is 9.84 Å². The number of sulfone groups is 1. The summed E-state index contributed by atoms with van der Waals surface area (Å²) in [5.41, 5.74) is 0.752. The number of rotatable bonds is 4. The Morgan fingerprint density at radius 2 is 1.81 bits per heavy atom. The maximum atomic E-state index is 12.7. The first kappa shape index (κ1) is 18.4. The number of hydrogen-bond acceptors (Lipinski definition) is 3. The number of carbonyl (C=O) groups is 1. The molecule has 0 bridgehead atoms. The Bertz CT molecular complexity index is 939. The van der Waals surface area contributed by atoms with Crippen molar-refractivity contribution in [3.05, 3.63) is 65.2 Å². The van der Waals surface area contributed by atoms with Gasteiger partial charge in [-0.3, -0.25) is 4.79 Å². The van der Waals surface area contributed by atoms with Crippen molar-refractivity contribution in [2.75, 3.05) is 17.2 Å². The van der Waals surface area contributed by atoms with Gasteiger partial charge in [0.1, 0.15) is 5.75 Å². The molecule has 0 spiro atoms. The minimum Gasteiger partial charge on any atom is -0.311 e. The molecule has 1 heterocycles. The molecule has 0 unspecified atom stereocenters. The van der Waals surface area contributed by atoms with Crippen LogP contribution < -0.4 is 4.90 Å². The van der Waals surface area contributed by atoms with Gasteiger partial charge in [-0.15, -0.1) is 0 Å². The van der Waals surface area contributed by atoms with Crippen LogP contribution in [0.2, 0.25) is 0 Å². The van der Waals surface area contributed by atoms with Crippen LogP contribution in [0.5, 0.6) is 0 Å². The molecule has 1 aliphatic heterocycles. The van der Waals surface area contributed by atoms with Gasteiger partial charge in [0, 0.05) is 12.2 Å². The van der Waals surface area contributed by atoms with Crippen molar-refractivity contribution < 1.29 is 26.4 Å². The molecule has 0 N–H and O–H groups in total. The zero-order chi connectivity index (χ0) is 18.9. The fraction of sp³-hybridized carbons (Fsp3) is 0.278. The van der Waals surface area contributed by atoms with Gasteiger partial charge in [-0.2, -0.15) is 13.2 Å². The molecule has 0 saturated carbocycles. The summed E-state index contributed by atoms with van der Waals surface area (Å²) in [5, 5.41) is 0. The second-order valence-electron chi connectivity index (χ2n) is 6.15. The van der Waals surface area contributed by atoms with Crippen LogP contribution in [0.1, 0.15) is 16.7 Å². The van der Waals surface area contributed by atoms with E-state index in [1.54, 1.807) is 12.1 Å². The number of hydrogen-bond donors (Lipinski definition) is 0. The molecular weight excluding hydrogens is 367 g/mol. The number of carbonyl (C=O) groups excluding carboxylic acids is 1. The summed E-state index contributed by atoms with van der Waals surface area (Å²) >= 11 is 0. The standard InChI is InChI=1S/C18H16F3NO3S/c19-18(20,21)15-6-3-4-13(10-15)11-26(24,25)12-17(23)22-9-8-14-5-1-2-7-16(14)22/h1-7,10H,8-9,11-12H2. The molecule has 0 saturated heterocycles. The van der Waals surface area contributed by atoms with Gasteiger partial charge in [-0.1, -0.05) is 36.4 Å². The van der Waals surface area contributed by atoms with E-state index in [0.717, 1.165) is 23.8 Å². The van der Waals surface area contributed by atoms with Crippen molar-refractivity contribution >= 4 is 21.4 Å². The third-order valence-electron chi connectivity index (χ3n) is 4.17. The van der Waals surface area contributed by atoms with Crippen molar-refractivity contribution in [2.24, 2.45) is 0 Å². The lowest BCUT2D eigenvalue weighted by Gasteiger charge is -2.17. The van der Waals surface area contributed by atoms with Crippen LogP contribution in [0.3, 0.4) is 0 Å². The third kappa shape index (κ3) is 4.07. The second-order valence-corrected chi connectivity index (χ2v) is 8.22. The van der Waals surface area contributed by atoms with Gasteiger partial charge < -0.3 is 4.90 Å². The SMILES string of the molecule is O=C(CS(=O)(=O)Cc1cccc(C(F)(F)F)c1)N1CCc2ccccc21. The second kappa shape index (κ2) is 6.75. The summed E-state index contributed by atoms with van der Waals surface area (Å²) in [5.74, 6) is -1.92. The number of benzene rings is 2. The number of fused-ring (bicyclic) bond motifs is 1. The Morgan fingerprint density at radius 3 is 2.54 bits per heavy atom. The van der Waals surface area contributed by atoms with E-state index in [-0.39, 0.29) is 5.56 Å². The molecule has 2 aromatic rings. The fourth-order valence-corrected chi connectivity index (χ4v) is 4.33. The van der Waals surface area contributed by atoms with E-state index in [1.807, 2.05) is 12.1 Å². The van der Waals surface area contributed by atoms with E-state index >= 15 is 0 Å². The van der Waals surface area contributed by atoms with Crippen molar-refractivity contribution in [1.29, 1.82) is 0 Å². The molecule has 26 heavy (non-hydrogen) atoms. The van der Waals surface area contributed by atoms with Crippen LogP contribution in [0.25, 0.3) is 0 Å². The quantitative estimate of drug-likeness (QED) is 0.815. The van der Waals surface area contributed by atoms with E-state index in [0.29, 0.717) is 18.7 Å². The average molecular weight is 383 g/mol. The molecule has 3 rings (SSSR count). The zero-order valence-electron chi connectivity index (χ0n) is 13.7. The zero-order valence-corrected chi connectivity index (χ0v) is 14.5. The van der Waals surface area contributed by atoms with Crippen molar-refractivity contribution in [2.45, 2.75) is 18.3 Å². The summed E-state index contributed by atoms with van der Waals surface area (Å²) in [7, 11) is -3.89. The Labute approximate surface area is 149 Å². The van der Waals surface area contributed by atoms with Crippen LogP contribution in [-0.4, -0.2) is 26.6 Å². The number of nitrogens with zero attached hydrogens (tertiary/aromatic N) is 1. The van der Waals surface area contributed by atoms with Gasteiger partial charge >= 0.3 is 6.18 Å². The van der Waals surface area contributed by atoms with Crippen LogP contribution >= 0.6 is 0 Å². The maximum Gasteiger partial charge on any atom is 0.416 e. The number of halogens is 3. The third-order valence-corrected chi connectivity index (χ3v) is 5.63. The van der Waals surface area contributed by atoms with E-state index < -0.39 is 39.0 Å². The Morgan fingerprint density at radius 1 is 1.08 bits per heavy atom. The minimum absolute atomic E-state index is 0.00875. The highest BCUT2D eigenvalue weighted by Gasteiger charge is 2.31. The average Bonchev–Trinajstić information content (AvgIpc) is 2.97. The van der Waals surface area contributed by atoms with E-state index in [4.69, 9.17) is 0 Å². The number of alkyl halides is 3. The molecular formula is C18H16F3NO3S. The van der Waals surface area contributed by atoms with Gasteiger partial charge in [-0.25, -0.2) is 8.42 Å². The number of para-hydroxylation sites is 1. The van der Waals surface area contributed by atoms with E-state index in [1.165, 1.54) is 11.0 Å². The Hall–Kier alpha value is -2.35. The summed E-state index contributed by atoms with van der Waals surface area (Å²) in [6, 6.07) is 11.4. The number of anilines is 1. The molecule has 2 aromatic carbocycles. The monoisotopic (exact) mass is 383 g/mol. The molecule has 138 valence electrons. The highest BCUT2D eigenvalue weighted by molar-refractivity contribution is 7.91. The molecule has 0 aliphatic carbocycles. The van der Waals surface area contributed by atoms with Gasteiger partial charge in [-0.05, 0) is 29.7 Å². The largest absolute Gasteiger partial charge is 0.416 e. The molecule has 0 atom stereocenters. The predicted molar refractivity (Wildman–Crippen MR) is 91.4 cm³/mol. The summed E-state index contributed by atoms with van der Waals surface area (Å²) < 4.78 is 62.9. The van der Waals surface area contributed by atoms with E-state index in [9.17, 15) is 26.4 Å². The first-order chi connectivity index (χ1) is 12.2. The molecule has 4 nitrogen and oxygen atoms in total. The van der Waals surface area contributed by atoms with Crippen LogP contribution in [-0.2, 0) is 33.0 Å². The normalized spacial score (nSPS) is 14.3. The van der Waals surface area contributed by atoms with Gasteiger partial charge in [0.25, 0.3) is 0 Å². The first-order valence-electron chi connectivity index (χ1n) is 7.90. The molecule has 1 amide bonds. The van der Waals surface area contributed by atoms with Crippen LogP contribution in [0.4, 0.5) is 18.9 Å².